The number of anilines is 1. The highest BCUT2D eigenvalue weighted by Crippen LogP contribution is 2.18. The number of nitrogens with zero attached hydrogens (tertiary/aromatic N) is 2. The summed E-state index contributed by atoms with van der Waals surface area (Å²) in [6.45, 7) is 3.57. The first-order valence-electron chi connectivity index (χ1n) is 6.04. The minimum absolute atomic E-state index is 0.379. The van der Waals surface area contributed by atoms with Crippen molar-refractivity contribution in [2.24, 2.45) is 11.5 Å². The molecule has 19 heavy (non-hydrogen) atoms. The van der Waals surface area contributed by atoms with Crippen molar-refractivity contribution in [3.8, 4) is 0 Å². The number of aryl methyl sites for hydroxylation is 1. The van der Waals surface area contributed by atoms with Gasteiger partial charge in [0.2, 0.25) is 11.8 Å². The number of piperazine rings is 1. The van der Waals surface area contributed by atoms with Crippen molar-refractivity contribution in [2.45, 2.75) is 13.0 Å². The largest absolute Gasteiger partial charge is 0.368 e. The van der Waals surface area contributed by atoms with Crippen LogP contribution in [0.25, 0.3) is 0 Å². The summed E-state index contributed by atoms with van der Waals surface area (Å²) in [5.41, 5.74) is 11.7. The molecule has 1 aliphatic heterocycles. The number of carbonyl (C=O) groups excluding carboxylic acids is 2. The number of hydrogen-bond donors (Lipinski definition) is 3. The first-order valence-corrected chi connectivity index (χ1v) is 6.04. The third kappa shape index (κ3) is 2.82. The summed E-state index contributed by atoms with van der Waals surface area (Å²) in [5.74, 6) is -0.382. The van der Waals surface area contributed by atoms with E-state index in [-0.39, 0.29) is 0 Å². The number of pyridine rings is 1. The van der Waals surface area contributed by atoms with Crippen LogP contribution in [-0.2, 0) is 4.79 Å². The van der Waals surface area contributed by atoms with E-state index in [0.29, 0.717) is 30.2 Å². The highest BCUT2D eigenvalue weighted by Gasteiger charge is 2.28. The monoisotopic (exact) mass is 263 g/mol. The van der Waals surface area contributed by atoms with E-state index >= 15 is 0 Å². The molecule has 1 saturated heterocycles. The first kappa shape index (κ1) is 13.3. The normalized spacial score (nSPS) is 19.2. The van der Waals surface area contributed by atoms with Gasteiger partial charge in [-0.3, -0.25) is 9.59 Å². The molecule has 0 aliphatic carbocycles. The molecule has 0 radical (unpaired) electrons. The Bertz CT molecular complexity index is 517. The lowest BCUT2D eigenvalue weighted by molar-refractivity contribution is -0.119. The van der Waals surface area contributed by atoms with E-state index in [2.05, 4.69) is 10.3 Å². The van der Waals surface area contributed by atoms with Crippen LogP contribution in [0, 0.1) is 6.92 Å². The lowest BCUT2D eigenvalue weighted by Gasteiger charge is -2.35. The van der Waals surface area contributed by atoms with Crippen molar-refractivity contribution in [1.29, 1.82) is 0 Å². The molecular weight excluding hydrogens is 246 g/mol. The van der Waals surface area contributed by atoms with Crippen LogP contribution in [0.15, 0.2) is 12.1 Å². The minimum Gasteiger partial charge on any atom is -0.368 e. The molecule has 1 fully saturated rings. The van der Waals surface area contributed by atoms with E-state index in [9.17, 15) is 9.59 Å². The molecule has 0 spiro atoms. The molecule has 7 nitrogen and oxygen atoms in total. The molecule has 5 N–H and O–H groups in total. The fourth-order valence-corrected chi connectivity index (χ4v) is 2.17. The molecule has 2 rings (SSSR count). The zero-order valence-electron chi connectivity index (χ0n) is 10.7. The maximum atomic E-state index is 11.5. The molecule has 102 valence electrons. The zero-order chi connectivity index (χ0) is 14.0. The SMILES string of the molecule is Cc1cc(C(N)=O)cc(N2CCNCC2C(N)=O)n1. The van der Waals surface area contributed by atoms with Gasteiger partial charge in [0.25, 0.3) is 0 Å². The van der Waals surface area contributed by atoms with Gasteiger partial charge in [-0.25, -0.2) is 4.98 Å². The van der Waals surface area contributed by atoms with Crippen LogP contribution in [0.5, 0.6) is 0 Å². The third-order valence-electron chi connectivity index (χ3n) is 3.09. The second-order valence-corrected chi connectivity index (χ2v) is 4.54. The number of nitrogens with two attached hydrogens (primary N) is 2. The third-order valence-corrected chi connectivity index (χ3v) is 3.09. The quantitative estimate of drug-likeness (QED) is 0.630. The van der Waals surface area contributed by atoms with Crippen LogP contribution in [0.3, 0.4) is 0 Å². The highest BCUT2D eigenvalue weighted by molar-refractivity contribution is 5.94. The number of carbonyl (C=O) groups is 2. The van der Waals surface area contributed by atoms with Crippen LogP contribution < -0.4 is 21.7 Å². The van der Waals surface area contributed by atoms with E-state index in [1.54, 1.807) is 24.0 Å². The molecule has 0 aromatic carbocycles. The molecule has 0 saturated carbocycles. The van der Waals surface area contributed by atoms with Crippen LogP contribution in [0.4, 0.5) is 5.82 Å². The van der Waals surface area contributed by atoms with Gasteiger partial charge < -0.3 is 21.7 Å². The fourth-order valence-electron chi connectivity index (χ4n) is 2.17. The maximum Gasteiger partial charge on any atom is 0.248 e. The van der Waals surface area contributed by atoms with Crippen molar-refractivity contribution in [2.75, 3.05) is 24.5 Å². The van der Waals surface area contributed by atoms with Gasteiger partial charge in [0.05, 0.1) is 0 Å². The van der Waals surface area contributed by atoms with Gasteiger partial charge in [-0.05, 0) is 19.1 Å². The topological polar surface area (TPSA) is 114 Å². The van der Waals surface area contributed by atoms with Gasteiger partial charge in [0.1, 0.15) is 11.9 Å². The summed E-state index contributed by atoms with van der Waals surface area (Å²) in [6.07, 6.45) is 0. The molecule has 7 heteroatoms. The highest BCUT2D eigenvalue weighted by atomic mass is 16.1. The predicted molar refractivity (Wildman–Crippen MR) is 70.7 cm³/mol. The molecule has 2 amide bonds. The molecule has 1 unspecified atom stereocenters. The average molecular weight is 263 g/mol. The van der Waals surface area contributed by atoms with Gasteiger partial charge in [0.15, 0.2) is 0 Å². The number of amides is 2. The van der Waals surface area contributed by atoms with E-state index < -0.39 is 17.9 Å². The molecule has 1 aliphatic rings. The Morgan fingerprint density at radius 1 is 1.42 bits per heavy atom. The van der Waals surface area contributed by atoms with Crippen molar-refractivity contribution in [3.63, 3.8) is 0 Å². The van der Waals surface area contributed by atoms with Crippen LogP contribution >= 0.6 is 0 Å². The van der Waals surface area contributed by atoms with Crippen molar-refractivity contribution >= 4 is 17.6 Å². The van der Waals surface area contributed by atoms with Crippen molar-refractivity contribution in [3.05, 3.63) is 23.4 Å². The second kappa shape index (κ2) is 5.23. The lowest BCUT2D eigenvalue weighted by Crippen LogP contribution is -2.57. The first-order chi connectivity index (χ1) is 8.99. The summed E-state index contributed by atoms with van der Waals surface area (Å²) < 4.78 is 0. The molecule has 2 heterocycles. The Labute approximate surface area is 111 Å². The van der Waals surface area contributed by atoms with E-state index in [0.717, 1.165) is 6.54 Å². The van der Waals surface area contributed by atoms with E-state index in [4.69, 9.17) is 11.5 Å². The summed E-state index contributed by atoms with van der Waals surface area (Å²) in [6, 6.07) is 2.74. The number of primary amides is 2. The number of aromatic nitrogens is 1. The van der Waals surface area contributed by atoms with Gasteiger partial charge >= 0.3 is 0 Å². The lowest BCUT2D eigenvalue weighted by atomic mass is 10.1. The number of rotatable bonds is 3. The van der Waals surface area contributed by atoms with Gasteiger partial charge in [0, 0.05) is 30.9 Å². The zero-order valence-corrected chi connectivity index (χ0v) is 10.7. The minimum atomic E-state index is -0.516. The second-order valence-electron chi connectivity index (χ2n) is 4.54. The smallest absolute Gasteiger partial charge is 0.248 e. The maximum absolute atomic E-state index is 11.5. The Hall–Kier alpha value is -2.15. The average Bonchev–Trinajstić information content (AvgIpc) is 2.37. The number of nitrogens with one attached hydrogen (secondary N) is 1. The summed E-state index contributed by atoms with van der Waals surface area (Å²) in [7, 11) is 0. The van der Waals surface area contributed by atoms with E-state index in [1.165, 1.54) is 0 Å². The van der Waals surface area contributed by atoms with Gasteiger partial charge in [-0.2, -0.15) is 0 Å². The fraction of sp³-hybridized carbons (Fsp3) is 0.417. The summed E-state index contributed by atoms with van der Waals surface area (Å²) in [5, 5.41) is 3.11. The van der Waals surface area contributed by atoms with E-state index in [1.807, 2.05) is 0 Å². The standard InChI is InChI=1S/C12H17N5O2/c1-7-4-8(11(13)18)5-10(16-7)17-3-2-15-6-9(17)12(14)19/h4-5,9,15H,2-3,6H2,1H3,(H2,13,18)(H2,14,19). The van der Waals surface area contributed by atoms with Crippen LogP contribution in [0.2, 0.25) is 0 Å². The molecule has 1 aromatic rings. The van der Waals surface area contributed by atoms with Crippen LogP contribution in [-0.4, -0.2) is 42.5 Å². The van der Waals surface area contributed by atoms with Crippen molar-refractivity contribution < 1.29 is 9.59 Å². The Kier molecular flexibility index (Phi) is 3.66. The molecule has 1 atom stereocenters. The number of hydrogen-bond acceptors (Lipinski definition) is 5. The predicted octanol–water partition coefficient (Wildman–Crippen LogP) is -1.25. The van der Waals surface area contributed by atoms with Gasteiger partial charge in [-0.1, -0.05) is 0 Å². The van der Waals surface area contributed by atoms with Crippen molar-refractivity contribution in [1.82, 2.24) is 10.3 Å². The Morgan fingerprint density at radius 2 is 2.16 bits per heavy atom. The molecule has 1 aromatic heterocycles. The van der Waals surface area contributed by atoms with Gasteiger partial charge in [-0.15, -0.1) is 0 Å². The Balaban J connectivity index is 2.38. The van der Waals surface area contributed by atoms with Crippen LogP contribution in [0.1, 0.15) is 16.1 Å². The molecular formula is C12H17N5O2. The molecule has 0 bridgehead atoms. The Morgan fingerprint density at radius 3 is 2.79 bits per heavy atom. The summed E-state index contributed by atoms with van der Waals surface area (Å²) >= 11 is 0. The summed E-state index contributed by atoms with van der Waals surface area (Å²) in [4.78, 5) is 28.9.